The molecule has 0 fully saturated rings. The maximum absolute atomic E-state index is 13.8. The molecule has 3 nitrogen and oxygen atoms in total. The van der Waals surface area contributed by atoms with Crippen molar-refractivity contribution in [2.45, 2.75) is 26.8 Å². The molecule has 0 amide bonds. The maximum atomic E-state index is 13.8. The largest absolute Gasteiger partial charge is 0.294 e. The molecular weight excluding hydrogens is 347 g/mol. The summed E-state index contributed by atoms with van der Waals surface area (Å²) in [5.41, 5.74) is 1.33. The second kappa shape index (κ2) is 6.06. The third-order valence-corrected chi connectivity index (χ3v) is 4.17. The molecule has 0 atom stereocenters. The molecule has 0 bridgehead atoms. The molecule has 2 rings (SSSR count). The van der Waals surface area contributed by atoms with Gasteiger partial charge in [0.15, 0.2) is 5.78 Å². The normalized spacial score (nSPS) is 10.8. The number of hydrogen-bond acceptors (Lipinski definition) is 2. The number of benzene rings is 1. The second-order valence-electron chi connectivity index (χ2n) is 4.36. The molecule has 0 aliphatic carbocycles. The highest BCUT2D eigenvalue weighted by atomic mass is 79.9. The van der Waals surface area contributed by atoms with Crippen molar-refractivity contribution in [3.8, 4) is 0 Å². The Morgan fingerprint density at radius 2 is 2.20 bits per heavy atom. The van der Waals surface area contributed by atoms with Crippen LogP contribution in [0.3, 0.4) is 0 Å². The van der Waals surface area contributed by atoms with Crippen LogP contribution in [-0.2, 0) is 13.0 Å². The lowest BCUT2D eigenvalue weighted by Crippen LogP contribution is -2.12. The van der Waals surface area contributed by atoms with Crippen molar-refractivity contribution < 1.29 is 9.18 Å². The summed E-state index contributed by atoms with van der Waals surface area (Å²) in [6, 6.07) is 4.45. The van der Waals surface area contributed by atoms with Crippen LogP contribution in [0.1, 0.15) is 28.7 Å². The van der Waals surface area contributed by atoms with Gasteiger partial charge < -0.3 is 0 Å². The van der Waals surface area contributed by atoms with Crippen LogP contribution in [0.5, 0.6) is 0 Å². The van der Waals surface area contributed by atoms with Crippen LogP contribution >= 0.6 is 27.5 Å². The first-order valence-corrected chi connectivity index (χ1v) is 7.31. The molecule has 0 saturated carbocycles. The molecule has 20 heavy (non-hydrogen) atoms. The fraction of sp³-hybridized carbons (Fsp3) is 0.286. The minimum absolute atomic E-state index is 0.0209. The number of hydrogen-bond donors (Lipinski definition) is 0. The Balaban J connectivity index is 2.38. The van der Waals surface area contributed by atoms with Gasteiger partial charge in [-0.3, -0.25) is 9.48 Å². The quantitative estimate of drug-likeness (QED) is 0.767. The number of ketones is 1. The molecule has 0 radical (unpaired) electrons. The van der Waals surface area contributed by atoms with Gasteiger partial charge in [0.2, 0.25) is 0 Å². The average Bonchev–Trinajstić information content (AvgIpc) is 2.66. The lowest BCUT2D eigenvalue weighted by Gasteiger charge is -2.07. The van der Waals surface area contributed by atoms with E-state index in [-0.39, 0.29) is 17.8 Å². The van der Waals surface area contributed by atoms with Gasteiger partial charge in [0.1, 0.15) is 5.82 Å². The Labute approximate surface area is 129 Å². The van der Waals surface area contributed by atoms with Crippen LogP contribution in [-0.4, -0.2) is 15.6 Å². The minimum atomic E-state index is -0.542. The number of Topliss-reactive ketones (excluding diaryl/α,β-unsaturated/α-hetero) is 1. The van der Waals surface area contributed by atoms with Crippen LogP contribution < -0.4 is 0 Å². The van der Waals surface area contributed by atoms with Gasteiger partial charge in [-0.2, -0.15) is 5.10 Å². The zero-order chi connectivity index (χ0) is 14.9. The molecule has 2 aromatic rings. The maximum Gasteiger partial charge on any atom is 0.172 e. The molecule has 0 unspecified atom stereocenters. The SMILES string of the molecule is CCn1nc(C)c(Cl)c1CC(=O)c1c(F)cccc1Br. The van der Waals surface area contributed by atoms with Gasteiger partial charge in [0.25, 0.3) is 0 Å². The summed E-state index contributed by atoms with van der Waals surface area (Å²) >= 11 is 9.37. The molecule has 1 aromatic carbocycles. The van der Waals surface area contributed by atoms with Crippen molar-refractivity contribution in [3.63, 3.8) is 0 Å². The molecule has 1 heterocycles. The Morgan fingerprint density at radius 3 is 2.80 bits per heavy atom. The molecule has 6 heteroatoms. The Bertz CT molecular complexity index is 649. The summed E-state index contributed by atoms with van der Waals surface area (Å²) in [7, 11) is 0. The summed E-state index contributed by atoms with van der Waals surface area (Å²) in [6.07, 6.45) is 0.0209. The predicted molar refractivity (Wildman–Crippen MR) is 79.8 cm³/mol. The van der Waals surface area contributed by atoms with E-state index in [1.165, 1.54) is 6.07 Å². The van der Waals surface area contributed by atoms with Crippen LogP contribution in [0.4, 0.5) is 4.39 Å². The van der Waals surface area contributed by atoms with E-state index in [1.54, 1.807) is 23.7 Å². The summed E-state index contributed by atoms with van der Waals surface area (Å²) in [6.45, 7) is 4.30. The predicted octanol–water partition coefficient (Wildman–Crippen LogP) is 4.19. The van der Waals surface area contributed by atoms with Crippen molar-refractivity contribution in [1.29, 1.82) is 0 Å². The minimum Gasteiger partial charge on any atom is -0.294 e. The Morgan fingerprint density at radius 1 is 1.50 bits per heavy atom. The van der Waals surface area contributed by atoms with Gasteiger partial charge in [-0.1, -0.05) is 17.7 Å². The lowest BCUT2D eigenvalue weighted by molar-refractivity contribution is 0.0986. The smallest absolute Gasteiger partial charge is 0.172 e. The number of nitrogens with zero attached hydrogens (tertiary/aromatic N) is 2. The van der Waals surface area contributed by atoms with Crippen molar-refractivity contribution >= 4 is 33.3 Å². The summed E-state index contributed by atoms with van der Waals surface area (Å²) in [5.74, 6) is -0.869. The van der Waals surface area contributed by atoms with E-state index < -0.39 is 5.82 Å². The molecule has 0 saturated heterocycles. The Hall–Kier alpha value is -1.20. The third-order valence-electron chi connectivity index (χ3n) is 3.02. The fourth-order valence-electron chi connectivity index (χ4n) is 2.04. The monoisotopic (exact) mass is 358 g/mol. The van der Waals surface area contributed by atoms with Crippen LogP contribution in [0.2, 0.25) is 5.02 Å². The summed E-state index contributed by atoms with van der Waals surface area (Å²) in [4.78, 5) is 12.3. The van der Waals surface area contributed by atoms with Crippen molar-refractivity contribution in [2.75, 3.05) is 0 Å². The van der Waals surface area contributed by atoms with E-state index in [0.717, 1.165) is 0 Å². The van der Waals surface area contributed by atoms with Crippen molar-refractivity contribution in [2.24, 2.45) is 0 Å². The van der Waals surface area contributed by atoms with E-state index in [0.29, 0.717) is 27.4 Å². The molecule has 0 aliphatic rings. The third kappa shape index (κ3) is 2.79. The zero-order valence-corrected chi connectivity index (χ0v) is 13.4. The molecule has 0 aliphatic heterocycles. The van der Waals surface area contributed by atoms with Crippen molar-refractivity contribution in [1.82, 2.24) is 9.78 Å². The van der Waals surface area contributed by atoms with Crippen molar-refractivity contribution in [3.05, 3.63) is 50.5 Å². The van der Waals surface area contributed by atoms with E-state index in [9.17, 15) is 9.18 Å². The molecule has 0 N–H and O–H groups in total. The molecule has 1 aromatic heterocycles. The first kappa shape index (κ1) is 15.2. The van der Waals surface area contributed by atoms with E-state index in [4.69, 9.17) is 11.6 Å². The number of rotatable bonds is 4. The lowest BCUT2D eigenvalue weighted by atomic mass is 10.1. The highest BCUT2D eigenvalue weighted by Crippen LogP contribution is 2.25. The number of halogens is 3. The highest BCUT2D eigenvalue weighted by molar-refractivity contribution is 9.10. The first-order chi connectivity index (χ1) is 9.45. The number of aromatic nitrogens is 2. The standard InChI is InChI=1S/C14H13BrClFN2O/c1-3-19-11(14(16)8(2)18-19)7-12(20)13-9(15)5-4-6-10(13)17/h4-6H,3,7H2,1-2H3. The van der Waals surface area contributed by atoms with E-state index in [2.05, 4.69) is 21.0 Å². The van der Waals surface area contributed by atoms with E-state index >= 15 is 0 Å². The second-order valence-corrected chi connectivity index (χ2v) is 5.59. The molecular formula is C14H13BrClFN2O. The molecule has 106 valence electrons. The van der Waals surface area contributed by atoms with Gasteiger partial charge in [-0.25, -0.2) is 4.39 Å². The summed E-state index contributed by atoms with van der Waals surface area (Å²) in [5, 5.41) is 4.71. The number of carbonyl (C=O) groups excluding carboxylic acids is 1. The van der Waals surface area contributed by atoms with Gasteiger partial charge in [-0.05, 0) is 41.9 Å². The highest BCUT2D eigenvalue weighted by Gasteiger charge is 2.20. The van der Waals surface area contributed by atoms with Gasteiger partial charge in [-0.15, -0.1) is 0 Å². The fourth-order valence-corrected chi connectivity index (χ4v) is 2.81. The van der Waals surface area contributed by atoms with E-state index in [1.807, 2.05) is 6.92 Å². The van der Waals surface area contributed by atoms with Crippen LogP contribution in [0.15, 0.2) is 22.7 Å². The topological polar surface area (TPSA) is 34.9 Å². The molecule has 0 spiro atoms. The Kier molecular flexibility index (Phi) is 4.60. The number of carbonyl (C=O) groups is 1. The van der Waals surface area contributed by atoms with Gasteiger partial charge in [0, 0.05) is 11.0 Å². The first-order valence-electron chi connectivity index (χ1n) is 6.14. The number of aryl methyl sites for hydroxylation is 2. The summed E-state index contributed by atoms with van der Waals surface area (Å²) < 4.78 is 15.9. The zero-order valence-electron chi connectivity index (χ0n) is 11.1. The average molecular weight is 360 g/mol. The van der Waals surface area contributed by atoms with Gasteiger partial charge in [0.05, 0.1) is 28.4 Å². The van der Waals surface area contributed by atoms with Gasteiger partial charge >= 0.3 is 0 Å². The van der Waals surface area contributed by atoms with Crippen LogP contribution in [0.25, 0.3) is 0 Å². The van der Waals surface area contributed by atoms with Crippen LogP contribution in [0, 0.1) is 12.7 Å².